The molecule has 2 aromatic carbocycles. The van der Waals surface area contributed by atoms with Crippen LogP contribution in [0.25, 0.3) is 10.2 Å². The van der Waals surface area contributed by atoms with Gasteiger partial charge in [-0.15, -0.1) is 0 Å². The zero-order valence-corrected chi connectivity index (χ0v) is 14.7. The van der Waals surface area contributed by atoms with Crippen molar-refractivity contribution in [3.8, 4) is 0 Å². The summed E-state index contributed by atoms with van der Waals surface area (Å²) >= 11 is 1.59. The second-order valence-electron chi connectivity index (χ2n) is 5.97. The number of carbonyl (C=O) groups excluding carboxylic acids is 1. The number of hydrogen-bond donors (Lipinski definition) is 1. The van der Waals surface area contributed by atoms with E-state index in [1.165, 1.54) is 16.7 Å². The fourth-order valence-corrected chi connectivity index (χ4v) is 3.60. The first-order valence-electron chi connectivity index (χ1n) is 7.67. The Bertz CT molecular complexity index is 896. The Morgan fingerprint density at radius 3 is 2.61 bits per heavy atom. The highest BCUT2D eigenvalue weighted by molar-refractivity contribution is 7.22. The summed E-state index contributed by atoms with van der Waals surface area (Å²) in [6.45, 7) is 8.45. The Kier molecular flexibility index (Phi) is 4.18. The maximum atomic E-state index is 12.4. The van der Waals surface area contributed by atoms with E-state index in [2.05, 4.69) is 36.3 Å². The number of hydrogen-bond acceptors (Lipinski definition) is 4. The van der Waals surface area contributed by atoms with Crippen LogP contribution in [0.15, 0.2) is 30.3 Å². The molecule has 0 spiro atoms. The van der Waals surface area contributed by atoms with Crippen molar-refractivity contribution in [1.82, 2.24) is 4.98 Å². The van der Waals surface area contributed by atoms with Crippen LogP contribution in [-0.4, -0.2) is 17.3 Å². The highest BCUT2D eigenvalue weighted by Crippen LogP contribution is 2.29. The SMILES string of the molecule is Cc1ccc(C(=O)CNc2nc3c(C)c(C)ccc3s2)c(C)c1. The zero-order valence-electron chi connectivity index (χ0n) is 13.9. The average molecular weight is 324 g/mol. The number of thiazole rings is 1. The van der Waals surface area contributed by atoms with Crippen LogP contribution in [0.5, 0.6) is 0 Å². The van der Waals surface area contributed by atoms with Gasteiger partial charge in [0.05, 0.1) is 16.8 Å². The van der Waals surface area contributed by atoms with Crippen LogP contribution in [0.3, 0.4) is 0 Å². The molecule has 0 bridgehead atoms. The molecule has 0 aliphatic rings. The van der Waals surface area contributed by atoms with E-state index in [1.807, 2.05) is 32.0 Å². The summed E-state index contributed by atoms with van der Waals surface area (Å²) in [6.07, 6.45) is 0. The minimum Gasteiger partial charge on any atom is -0.354 e. The zero-order chi connectivity index (χ0) is 16.6. The van der Waals surface area contributed by atoms with E-state index in [1.54, 1.807) is 11.3 Å². The molecule has 3 rings (SSSR count). The van der Waals surface area contributed by atoms with Gasteiger partial charge in [0, 0.05) is 5.56 Å². The fraction of sp³-hybridized carbons (Fsp3) is 0.263. The highest BCUT2D eigenvalue weighted by Gasteiger charge is 2.11. The third kappa shape index (κ3) is 3.13. The molecule has 4 heteroatoms. The normalized spacial score (nSPS) is 11.0. The standard InChI is InChI=1S/C19H20N2OS/c1-11-5-7-15(13(3)9-11)16(22)10-20-19-21-18-14(4)12(2)6-8-17(18)23-19/h5-9H,10H2,1-4H3,(H,20,21). The maximum Gasteiger partial charge on any atom is 0.184 e. The van der Waals surface area contributed by atoms with Gasteiger partial charge in [0.2, 0.25) is 0 Å². The van der Waals surface area contributed by atoms with Gasteiger partial charge in [-0.05, 0) is 50.5 Å². The molecule has 0 saturated heterocycles. The quantitative estimate of drug-likeness (QED) is 0.699. The second-order valence-corrected chi connectivity index (χ2v) is 7.00. The largest absolute Gasteiger partial charge is 0.354 e. The van der Waals surface area contributed by atoms with Crippen LogP contribution in [0.4, 0.5) is 5.13 Å². The van der Waals surface area contributed by atoms with Crippen molar-refractivity contribution in [2.24, 2.45) is 0 Å². The number of benzene rings is 2. The topological polar surface area (TPSA) is 42.0 Å². The lowest BCUT2D eigenvalue weighted by atomic mass is 10.0. The van der Waals surface area contributed by atoms with Crippen LogP contribution in [0.1, 0.15) is 32.6 Å². The molecule has 3 nitrogen and oxygen atoms in total. The van der Waals surface area contributed by atoms with Crippen LogP contribution in [-0.2, 0) is 0 Å². The molecule has 1 aromatic heterocycles. The van der Waals surface area contributed by atoms with E-state index in [0.29, 0.717) is 0 Å². The first-order chi connectivity index (χ1) is 11.0. The Labute approximate surface area is 140 Å². The predicted octanol–water partition coefficient (Wildman–Crippen LogP) is 4.82. The lowest BCUT2D eigenvalue weighted by Crippen LogP contribution is -2.15. The molecule has 0 atom stereocenters. The molecule has 0 aliphatic heterocycles. The number of ketones is 1. The Balaban J connectivity index is 1.78. The summed E-state index contributed by atoms with van der Waals surface area (Å²) in [4.78, 5) is 17.0. The molecule has 0 aliphatic carbocycles. The highest BCUT2D eigenvalue weighted by atomic mass is 32.1. The summed E-state index contributed by atoms with van der Waals surface area (Å²) in [5.41, 5.74) is 6.43. The number of nitrogens with zero attached hydrogens (tertiary/aromatic N) is 1. The maximum absolute atomic E-state index is 12.4. The van der Waals surface area contributed by atoms with E-state index in [4.69, 9.17) is 0 Å². The summed E-state index contributed by atoms with van der Waals surface area (Å²) in [7, 11) is 0. The third-order valence-corrected chi connectivity index (χ3v) is 5.15. The molecule has 0 amide bonds. The molecular formula is C19H20N2OS. The fourth-order valence-electron chi connectivity index (χ4n) is 2.68. The number of aromatic nitrogens is 1. The van der Waals surface area contributed by atoms with Gasteiger partial charge in [0.15, 0.2) is 10.9 Å². The van der Waals surface area contributed by atoms with Crippen LogP contribution < -0.4 is 5.32 Å². The van der Waals surface area contributed by atoms with Gasteiger partial charge in [-0.2, -0.15) is 0 Å². The van der Waals surface area contributed by atoms with Crippen molar-refractivity contribution in [3.05, 3.63) is 58.1 Å². The molecular weight excluding hydrogens is 304 g/mol. The van der Waals surface area contributed by atoms with Crippen LogP contribution in [0.2, 0.25) is 0 Å². The van der Waals surface area contributed by atoms with Crippen LogP contribution in [0, 0.1) is 27.7 Å². The molecule has 1 N–H and O–H groups in total. The number of fused-ring (bicyclic) bond motifs is 1. The summed E-state index contributed by atoms with van der Waals surface area (Å²) in [5.74, 6) is 0.0923. The minimum absolute atomic E-state index is 0.0923. The minimum atomic E-state index is 0.0923. The number of Topliss-reactive ketones (excluding diaryl/α,β-unsaturated/α-hetero) is 1. The Hall–Kier alpha value is -2.20. The number of anilines is 1. The predicted molar refractivity (Wildman–Crippen MR) is 97.8 cm³/mol. The average Bonchev–Trinajstić information content (AvgIpc) is 2.92. The summed E-state index contributed by atoms with van der Waals surface area (Å²) in [5, 5.41) is 3.98. The van der Waals surface area contributed by atoms with E-state index >= 15 is 0 Å². The Morgan fingerprint density at radius 2 is 1.87 bits per heavy atom. The number of rotatable bonds is 4. The Morgan fingerprint density at radius 1 is 1.09 bits per heavy atom. The van der Waals surface area contributed by atoms with E-state index in [0.717, 1.165) is 26.5 Å². The van der Waals surface area contributed by atoms with Crippen molar-refractivity contribution in [3.63, 3.8) is 0 Å². The second kappa shape index (κ2) is 6.13. The molecule has 0 radical (unpaired) electrons. The third-order valence-electron chi connectivity index (χ3n) is 4.17. The van der Waals surface area contributed by atoms with Crippen LogP contribution >= 0.6 is 11.3 Å². The van der Waals surface area contributed by atoms with Gasteiger partial charge >= 0.3 is 0 Å². The van der Waals surface area contributed by atoms with Crippen molar-refractivity contribution in [2.75, 3.05) is 11.9 Å². The molecule has 0 unspecified atom stereocenters. The lowest BCUT2D eigenvalue weighted by molar-refractivity contribution is 0.101. The molecule has 1 heterocycles. The summed E-state index contributed by atoms with van der Waals surface area (Å²) in [6, 6.07) is 10.1. The van der Waals surface area contributed by atoms with E-state index in [-0.39, 0.29) is 12.3 Å². The molecule has 23 heavy (non-hydrogen) atoms. The van der Waals surface area contributed by atoms with E-state index < -0.39 is 0 Å². The van der Waals surface area contributed by atoms with Crippen molar-refractivity contribution < 1.29 is 4.79 Å². The molecule has 3 aromatic rings. The van der Waals surface area contributed by atoms with Crippen molar-refractivity contribution in [2.45, 2.75) is 27.7 Å². The van der Waals surface area contributed by atoms with Gasteiger partial charge in [-0.3, -0.25) is 4.79 Å². The molecule has 0 fully saturated rings. The molecule has 0 saturated carbocycles. The smallest absolute Gasteiger partial charge is 0.184 e. The van der Waals surface area contributed by atoms with Gasteiger partial charge in [-0.1, -0.05) is 41.2 Å². The number of nitrogens with one attached hydrogen (secondary N) is 1. The van der Waals surface area contributed by atoms with Crippen molar-refractivity contribution >= 4 is 32.5 Å². The van der Waals surface area contributed by atoms with E-state index in [9.17, 15) is 4.79 Å². The first-order valence-corrected chi connectivity index (χ1v) is 8.48. The monoisotopic (exact) mass is 324 g/mol. The van der Waals surface area contributed by atoms with Gasteiger partial charge in [0.25, 0.3) is 0 Å². The lowest BCUT2D eigenvalue weighted by Gasteiger charge is -2.06. The van der Waals surface area contributed by atoms with Crippen molar-refractivity contribution in [1.29, 1.82) is 0 Å². The molecule has 118 valence electrons. The first kappa shape index (κ1) is 15.7. The van der Waals surface area contributed by atoms with Gasteiger partial charge in [0.1, 0.15) is 0 Å². The summed E-state index contributed by atoms with van der Waals surface area (Å²) < 4.78 is 1.15. The number of carbonyl (C=O) groups is 1. The van der Waals surface area contributed by atoms with Gasteiger partial charge < -0.3 is 5.32 Å². The van der Waals surface area contributed by atoms with Gasteiger partial charge in [-0.25, -0.2) is 4.98 Å². The number of aryl methyl sites for hydroxylation is 4.